The second kappa shape index (κ2) is 18.4. The second-order valence-corrected chi connectivity index (χ2v) is 7.90. The van der Waals surface area contributed by atoms with Crippen LogP contribution in [0, 0.1) is 17.8 Å². The lowest BCUT2D eigenvalue weighted by molar-refractivity contribution is -0.118. The monoisotopic (exact) mass is 342 g/mol. The molecule has 0 aliphatic rings. The molecule has 0 N–H and O–H groups in total. The molecule has 0 saturated heterocycles. The number of Topliss-reactive ketones (excluding diaryl/α,β-unsaturated/α-hetero) is 3. The Labute approximate surface area is 151 Å². The van der Waals surface area contributed by atoms with Crippen LogP contribution < -0.4 is 0 Å². The molecule has 3 heteroatoms. The summed E-state index contributed by atoms with van der Waals surface area (Å²) < 4.78 is 0. The van der Waals surface area contributed by atoms with Gasteiger partial charge in [-0.2, -0.15) is 0 Å². The molecule has 0 rings (SSSR count). The van der Waals surface area contributed by atoms with E-state index in [1.54, 1.807) is 20.8 Å². The maximum Gasteiger partial charge on any atom is 0.129 e. The van der Waals surface area contributed by atoms with Gasteiger partial charge in [-0.3, -0.25) is 0 Å². The molecule has 24 heavy (non-hydrogen) atoms. The zero-order valence-electron chi connectivity index (χ0n) is 17.7. The SMILES string of the molecule is CC(=O)CCC(C)C.CC(=O)CCC(C)C.CC(=O)CCC(C)C. The van der Waals surface area contributed by atoms with Gasteiger partial charge in [0.05, 0.1) is 0 Å². The standard InChI is InChI=1S/3C7H14O/c3*1-6(2)4-5-7(3)8/h3*6H,4-5H2,1-3H3. The Morgan fingerprint density at radius 1 is 0.500 bits per heavy atom. The smallest absolute Gasteiger partial charge is 0.129 e. The number of carbonyl (C=O) groups is 3. The summed E-state index contributed by atoms with van der Waals surface area (Å²) in [5, 5.41) is 0. The highest BCUT2D eigenvalue weighted by Gasteiger charge is 1.96. The van der Waals surface area contributed by atoms with E-state index in [0.29, 0.717) is 35.1 Å². The Hall–Kier alpha value is -0.990. The van der Waals surface area contributed by atoms with Gasteiger partial charge >= 0.3 is 0 Å². The molecule has 0 heterocycles. The van der Waals surface area contributed by atoms with Crippen molar-refractivity contribution in [2.24, 2.45) is 17.8 Å². The van der Waals surface area contributed by atoms with E-state index >= 15 is 0 Å². The van der Waals surface area contributed by atoms with Gasteiger partial charge in [0.15, 0.2) is 0 Å². The third kappa shape index (κ3) is 42.9. The van der Waals surface area contributed by atoms with Gasteiger partial charge in [0, 0.05) is 19.3 Å². The number of rotatable bonds is 9. The second-order valence-electron chi connectivity index (χ2n) is 7.90. The van der Waals surface area contributed by atoms with Crippen LogP contribution in [0.1, 0.15) is 101 Å². The highest BCUT2D eigenvalue weighted by Crippen LogP contribution is 2.03. The molecule has 144 valence electrons. The molecule has 0 amide bonds. The minimum absolute atomic E-state index is 0.304. The van der Waals surface area contributed by atoms with Crippen LogP contribution in [0.4, 0.5) is 0 Å². The molecule has 0 fully saturated rings. The minimum atomic E-state index is 0.304. The molecule has 0 aromatic carbocycles. The Kier molecular flexibility index (Phi) is 21.3. The van der Waals surface area contributed by atoms with Gasteiger partial charge in [-0.1, -0.05) is 41.5 Å². The van der Waals surface area contributed by atoms with Crippen LogP contribution >= 0.6 is 0 Å². The average molecular weight is 343 g/mol. The van der Waals surface area contributed by atoms with Crippen molar-refractivity contribution in [1.82, 2.24) is 0 Å². The number of hydrogen-bond acceptors (Lipinski definition) is 3. The van der Waals surface area contributed by atoms with Crippen LogP contribution in [0.5, 0.6) is 0 Å². The van der Waals surface area contributed by atoms with E-state index in [9.17, 15) is 14.4 Å². The number of carbonyl (C=O) groups excluding carboxylic acids is 3. The molecule has 0 aromatic heterocycles. The lowest BCUT2D eigenvalue weighted by Crippen LogP contribution is -1.93. The quantitative estimate of drug-likeness (QED) is 0.513. The summed E-state index contributed by atoms with van der Waals surface area (Å²) in [6.45, 7) is 17.7. The summed E-state index contributed by atoms with van der Waals surface area (Å²) in [6, 6.07) is 0. The van der Waals surface area contributed by atoms with Gasteiger partial charge in [0.2, 0.25) is 0 Å². The van der Waals surface area contributed by atoms with Gasteiger partial charge in [-0.15, -0.1) is 0 Å². The zero-order chi connectivity index (χ0) is 19.7. The van der Waals surface area contributed by atoms with Crippen molar-refractivity contribution in [2.45, 2.75) is 101 Å². The van der Waals surface area contributed by atoms with Crippen LogP contribution in [0.3, 0.4) is 0 Å². The summed E-state index contributed by atoms with van der Waals surface area (Å²) in [5.41, 5.74) is 0. The van der Waals surface area contributed by atoms with Gasteiger partial charge in [0.1, 0.15) is 17.3 Å². The van der Waals surface area contributed by atoms with Crippen LogP contribution in [0.15, 0.2) is 0 Å². The van der Waals surface area contributed by atoms with Crippen molar-refractivity contribution < 1.29 is 14.4 Å². The van der Waals surface area contributed by atoms with Crippen molar-refractivity contribution in [3.8, 4) is 0 Å². The van der Waals surface area contributed by atoms with Crippen LogP contribution in [0.25, 0.3) is 0 Å². The predicted octanol–water partition coefficient (Wildman–Crippen LogP) is 6.03. The Bertz CT molecular complexity index is 276. The minimum Gasteiger partial charge on any atom is -0.300 e. The molecule has 3 nitrogen and oxygen atoms in total. The fraction of sp³-hybridized carbons (Fsp3) is 0.857. The molecule has 0 radical (unpaired) electrons. The molecule has 0 unspecified atom stereocenters. The highest BCUT2D eigenvalue weighted by molar-refractivity contribution is 5.75. The van der Waals surface area contributed by atoms with Crippen molar-refractivity contribution in [2.75, 3.05) is 0 Å². The third-order valence-corrected chi connectivity index (χ3v) is 3.22. The third-order valence-electron chi connectivity index (χ3n) is 3.22. The van der Waals surface area contributed by atoms with E-state index in [4.69, 9.17) is 0 Å². The van der Waals surface area contributed by atoms with Crippen molar-refractivity contribution in [1.29, 1.82) is 0 Å². The molecule has 0 aromatic rings. The van der Waals surface area contributed by atoms with E-state index < -0.39 is 0 Å². The van der Waals surface area contributed by atoms with E-state index in [-0.39, 0.29) is 0 Å². The Morgan fingerprint density at radius 2 is 0.667 bits per heavy atom. The summed E-state index contributed by atoms with van der Waals surface area (Å²) in [4.78, 5) is 31.0. The molecule has 0 spiro atoms. The molecule has 0 aliphatic heterocycles. The molecule has 0 atom stereocenters. The topological polar surface area (TPSA) is 51.2 Å². The summed E-state index contributed by atoms with van der Waals surface area (Å²) >= 11 is 0. The largest absolute Gasteiger partial charge is 0.300 e. The fourth-order valence-electron chi connectivity index (χ4n) is 1.48. The lowest BCUT2D eigenvalue weighted by Gasteiger charge is -1.98. The maximum absolute atomic E-state index is 10.3. The first-order valence-corrected chi connectivity index (χ1v) is 9.36. The summed E-state index contributed by atoms with van der Waals surface area (Å²) in [5.74, 6) is 2.91. The number of hydrogen-bond donors (Lipinski definition) is 0. The average Bonchev–Trinajstić information content (AvgIpc) is 2.42. The van der Waals surface area contributed by atoms with Crippen LogP contribution in [-0.2, 0) is 14.4 Å². The first kappa shape index (κ1) is 27.8. The molecule has 0 bridgehead atoms. The van der Waals surface area contributed by atoms with E-state index in [1.807, 2.05) is 0 Å². The van der Waals surface area contributed by atoms with Crippen molar-refractivity contribution in [3.63, 3.8) is 0 Å². The first-order valence-electron chi connectivity index (χ1n) is 9.36. The Morgan fingerprint density at radius 3 is 0.708 bits per heavy atom. The zero-order valence-corrected chi connectivity index (χ0v) is 17.7. The van der Waals surface area contributed by atoms with Gasteiger partial charge in [-0.05, 0) is 57.8 Å². The Balaban J connectivity index is -0.000000276. The first-order chi connectivity index (χ1) is 10.9. The van der Waals surface area contributed by atoms with Crippen molar-refractivity contribution in [3.05, 3.63) is 0 Å². The van der Waals surface area contributed by atoms with Gasteiger partial charge in [0.25, 0.3) is 0 Å². The van der Waals surface area contributed by atoms with Crippen LogP contribution in [-0.4, -0.2) is 17.3 Å². The summed E-state index contributed by atoms with van der Waals surface area (Å²) in [6.07, 6.45) is 5.35. The lowest BCUT2D eigenvalue weighted by atomic mass is 10.1. The fourth-order valence-corrected chi connectivity index (χ4v) is 1.48. The predicted molar refractivity (Wildman–Crippen MR) is 104 cm³/mol. The molecular formula is C21H42O3. The molecular weight excluding hydrogens is 300 g/mol. The van der Waals surface area contributed by atoms with E-state index in [0.717, 1.165) is 38.5 Å². The normalized spacial score (nSPS) is 10.0. The van der Waals surface area contributed by atoms with E-state index in [2.05, 4.69) is 41.5 Å². The van der Waals surface area contributed by atoms with Crippen LogP contribution in [0.2, 0.25) is 0 Å². The molecule has 0 aliphatic carbocycles. The van der Waals surface area contributed by atoms with E-state index in [1.165, 1.54) is 0 Å². The molecule has 0 saturated carbocycles. The van der Waals surface area contributed by atoms with Gasteiger partial charge < -0.3 is 14.4 Å². The maximum atomic E-state index is 10.3. The van der Waals surface area contributed by atoms with Crippen molar-refractivity contribution >= 4 is 17.3 Å². The highest BCUT2D eigenvalue weighted by atomic mass is 16.1. The van der Waals surface area contributed by atoms with Gasteiger partial charge in [-0.25, -0.2) is 0 Å². The summed E-state index contributed by atoms with van der Waals surface area (Å²) in [7, 11) is 0. The number of ketones is 3.